The van der Waals surface area contributed by atoms with Gasteiger partial charge in [-0.1, -0.05) is 0 Å². The minimum Gasteiger partial charge on any atom is -0.350 e. The summed E-state index contributed by atoms with van der Waals surface area (Å²) >= 11 is 0. The fraction of sp³-hybridized carbons (Fsp3) is 0.500. The number of halogens is 3. The van der Waals surface area contributed by atoms with E-state index in [0.29, 0.717) is 0 Å². The van der Waals surface area contributed by atoms with Crippen LogP contribution in [0.3, 0.4) is 0 Å². The molecule has 0 unspecified atom stereocenters. The molecule has 0 atom stereocenters. The second-order valence-electron chi connectivity index (χ2n) is 2.96. The topological polar surface area (TPSA) is 46.9 Å². The third-order valence-electron chi connectivity index (χ3n) is 1.75. The highest BCUT2D eigenvalue weighted by atomic mass is 19.4. The van der Waals surface area contributed by atoms with Crippen molar-refractivity contribution in [3.05, 3.63) is 18.0 Å². The van der Waals surface area contributed by atoms with Crippen molar-refractivity contribution < 1.29 is 18.0 Å². The van der Waals surface area contributed by atoms with Gasteiger partial charge in [0.2, 0.25) is 0 Å². The molecule has 4 nitrogen and oxygen atoms in total. The lowest BCUT2D eigenvalue weighted by Gasteiger charge is -2.07. The van der Waals surface area contributed by atoms with Crippen LogP contribution in [0.25, 0.3) is 0 Å². The second-order valence-corrected chi connectivity index (χ2v) is 2.96. The molecule has 0 spiro atoms. The first-order chi connectivity index (χ1) is 6.90. The van der Waals surface area contributed by atoms with Gasteiger partial charge in [-0.25, -0.2) is 0 Å². The van der Waals surface area contributed by atoms with Crippen LogP contribution < -0.4 is 5.32 Å². The molecule has 1 aromatic heterocycles. The SMILES string of the molecule is Cn1nccc1C(=O)NCCC(F)(F)F. The van der Waals surface area contributed by atoms with E-state index in [2.05, 4.69) is 10.4 Å². The summed E-state index contributed by atoms with van der Waals surface area (Å²) in [7, 11) is 1.54. The highest BCUT2D eigenvalue weighted by Crippen LogP contribution is 2.18. The Hall–Kier alpha value is -1.53. The Bertz CT molecular complexity index is 345. The Labute approximate surface area is 84.1 Å². The van der Waals surface area contributed by atoms with Crippen LogP contribution in [-0.2, 0) is 7.05 Å². The fourth-order valence-electron chi connectivity index (χ4n) is 1.00. The molecule has 0 saturated heterocycles. The predicted octanol–water partition coefficient (Wildman–Crippen LogP) is 1.10. The molecule has 7 heteroatoms. The summed E-state index contributed by atoms with van der Waals surface area (Å²) < 4.78 is 36.6. The van der Waals surface area contributed by atoms with Crippen LogP contribution in [0.4, 0.5) is 13.2 Å². The first-order valence-electron chi connectivity index (χ1n) is 4.23. The molecule has 0 saturated carbocycles. The molecule has 0 aromatic carbocycles. The van der Waals surface area contributed by atoms with E-state index in [-0.39, 0.29) is 5.69 Å². The minimum absolute atomic E-state index is 0.233. The molecule has 0 aliphatic heterocycles. The largest absolute Gasteiger partial charge is 0.390 e. The van der Waals surface area contributed by atoms with Crippen molar-refractivity contribution >= 4 is 5.91 Å². The number of carbonyl (C=O) groups is 1. The average molecular weight is 221 g/mol. The van der Waals surface area contributed by atoms with Crippen molar-refractivity contribution in [3.8, 4) is 0 Å². The zero-order valence-corrected chi connectivity index (χ0v) is 8.01. The number of hydrogen-bond donors (Lipinski definition) is 1. The first kappa shape index (κ1) is 11.5. The Morgan fingerprint density at radius 2 is 2.27 bits per heavy atom. The predicted molar refractivity (Wildman–Crippen MR) is 46.2 cm³/mol. The molecule has 1 rings (SSSR count). The molecule has 0 aliphatic carbocycles. The van der Waals surface area contributed by atoms with Gasteiger partial charge in [-0.15, -0.1) is 0 Å². The summed E-state index contributed by atoms with van der Waals surface area (Å²) in [4.78, 5) is 11.3. The standard InChI is InChI=1S/C8H10F3N3O/c1-14-6(2-4-13-14)7(15)12-5-3-8(9,10)11/h2,4H,3,5H2,1H3,(H,12,15). The Morgan fingerprint density at radius 1 is 1.60 bits per heavy atom. The van der Waals surface area contributed by atoms with E-state index in [1.54, 1.807) is 7.05 Å². The van der Waals surface area contributed by atoms with Gasteiger partial charge in [-0.05, 0) is 6.07 Å². The number of nitrogens with zero attached hydrogens (tertiary/aromatic N) is 2. The van der Waals surface area contributed by atoms with Crippen molar-refractivity contribution in [2.75, 3.05) is 6.54 Å². The van der Waals surface area contributed by atoms with E-state index in [1.807, 2.05) is 0 Å². The van der Waals surface area contributed by atoms with Gasteiger partial charge in [0.25, 0.3) is 5.91 Å². The number of alkyl halides is 3. The highest BCUT2D eigenvalue weighted by molar-refractivity contribution is 5.92. The number of aryl methyl sites for hydroxylation is 1. The van der Waals surface area contributed by atoms with E-state index >= 15 is 0 Å². The molecule has 0 fully saturated rings. The molecule has 0 aliphatic rings. The summed E-state index contributed by atoms with van der Waals surface area (Å²) in [5.74, 6) is -0.556. The molecule has 84 valence electrons. The minimum atomic E-state index is -4.25. The quantitative estimate of drug-likeness (QED) is 0.830. The molecular weight excluding hydrogens is 211 g/mol. The van der Waals surface area contributed by atoms with E-state index in [4.69, 9.17) is 0 Å². The maximum atomic E-state index is 11.8. The molecule has 15 heavy (non-hydrogen) atoms. The van der Waals surface area contributed by atoms with Crippen LogP contribution in [0.5, 0.6) is 0 Å². The van der Waals surface area contributed by atoms with Crippen LogP contribution in [0.1, 0.15) is 16.9 Å². The van der Waals surface area contributed by atoms with Gasteiger partial charge in [0.1, 0.15) is 5.69 Å². The van der Waals surface area contributed by atoms with Gasteiger partial charge in [0.15, 0.2) is 0 Å². The summed E-state index contributed by atoms with van der Waals surface area (Å²) in [5.41, 5.74) is 0.233. The van der Waals surface area contributed by atoms with Gasteiger partial charge >= 0.3 is 6.18 Å². The number of rotatable bonds is 3. The maximum absolute atomic E-state index is 11.8. The lowest BCUT2D eigenvalue weighted by atomic mass is 10.3. The zero-order chi connectivity index (χ0) is 11.5. The summed E-state index contributed by atoms with van der Waals surface area (Å²) in [6.07, 6.45) is -3.88. The van der Waals surface area contributed by atoms with Crippen LogP contribution in [0, 0.1) is 0 Å². The van der Waals surface area contributed by atoms with Gasteiger partial charge in [-0.2, -0.15) is 18.3 Å². The summed E-state index contributed by atoms with van der Waals surface area (Å²) in [5, 5.41) is 5.89. The van der Waals surface area contributed by atoms with Crippen LogP contribution in [0.2, 0.25) is 0 Å². The number of carbonyl (C=O) groups excluding carboxylic acids is 1. The van der Waals surface area contributed by atoms with E-state index < -0.39 is 25.0 Å². The number of aromatic nitrogens is 2. The van der Waals surface area contributed by atoms with Gasteiger partial charge in [0.05, 0.1) is 6.42 Å². The molecule has 0 radical (unpaired) electrons. The monoisotopic (exact) mass is 221 g/mol. The fourth-order valence-corrected chi connectivity index (χ4v) is 1.00. The molecule has 1 N–H and O–H groups in total. The summed E-state index contributed by atoms with van der Waals surface area (Å²) in [6, 6.07) is 1.43. The molecular formula is C8H10F3N3O. The van der Waals surface area contributed by atoms with Gasteiger partial charge in [0, 0.05) is 19.8 Å². The lowest BCUT2D eigenvalue weighted by Crippen LogP contribution is -2.29. The number of nitrogens with one attached hydrogen (secondary N) is 1. The van der Waals surface area contributed by atoms with Gasteiger partial charge < -0.3 is 5.32 Å². The van der Waals surface area contributed by atoms with Crippen molar-refractivity contribution in [2.45, 2.75) is 12.6 Å². The van der Waals surface area contributed by atoms with Crippen molar-refractivity contribution in [2.24, 2.45) is 7.05 Å². The lowest BCUT2D eigenvalue weighted by molar-refractivity contribution is -0.132. The molecule has 1 heterocycles. The van der Waals surface area contributed by atoms with Crippen molar-refractivity contribution in [3.63, 3.8) is 0 Å². The van der Waals surface area contributed by atoms with Crippen LogP contribution >= 0.6 is 0 Å². The Morgan fingerprint density at radius 3 is 2.73 bits per heavy atom. The Balaban J connectivity index is 2.41. The first-order valence-corrected chi connectivity index (χ1v) is 4.23. The number of hydrogen-bond acceptors (Lipinski definition) is 2. The smallest absolute Gasteiger partial charge is 0.350 e. The second kappa shape index (κ2) is 4.33. The normalized spacial score (nSPS) is 11.5. The molecule has 1 aromatic rings. The Kier molecular flexibility index (Phi) is 3.33. The highest BCUT2D eigenvalue weighted by Gasteiger charge is 2.26. The number of amides is 1. The van der Waals surface area contributed by atoms with Gasteiger partial charge in [-0.3, -0.25) is 9.48 Å². The van der Waals surface area contributed by atoms with Crippen molar-refractivity contribution in [1.82, 2.24) is 15.1 Å². The zero-order valence-electron chi connectivity index (χ0n) is 8.01. The molecule has 0 bridgehead atoms. The van der Waals surface area contributed by atoms with E-state index in [9.17, 15) is 18.0 Å². The van der Waals surface area contributed by atoms with Crippen LogP contribution in [-0.4, -0.2) is 28.4 Å². The third-order valence-corrected chi connectivity index (χ3v) is 1.75. The van der Waals surface area contributed by atoms with Crippen molar-refractivity contribution in [1.29, 1.82) is 0 Å². The van der Waals surface area contributed by atoms with E-state index in [0.717, 1.165) is 0 Å². The third kappa shape index (κ3) is 3.61. The average Bonchev–Trinajstić information content (AvgIpc) is 2.48. The summed E-state index contributed by atoms with van der Waals surface area (Å²) in [6.45, 7) is -0.423. The maximum Gasteiger partial charge on any atom is 0.390 e. The van der Waals surface area contributed by atoms with E-state index in [1.165, 1.54) is 16.9 Å². The molecule has 1 amide bonds. The van der Waals surface area contributed by atoms with Crippen LogP contribution in [0.15, 0.2) is 12.3 Å².